The maximum Gasteiger partial charge on any atom is 0.140 e. The molecule has 0 unspecified atom stereocenters. The lowest BCUT2D eigenvalue weighted by atomic mass is 10.1. The molecule has 1 aromatic heterocycles. The van der Waals surface area contributed by atoms with Gasteiger partial charge in [-0.25, -0.2) is 9.97 Å². The number of nitrogens with zero attached hydrogens (tertiary/aromatic N) is 2. The molecule has 0 amide bonds. The van der Waals surface area contributed by atoms with Gasteiger partial charge in [0, 0.05) is 11.3 Å². The van der Waals surface area contributed by atoms with Gasteiger partial charge in [-0.2, -0.15) is 11.8 Å². The quantitative estimate of drug-likeness (QED) is 0.469. The third-order valence-corrected chi connectivity index (χ3v) is 4.48. The van der Waals surface area contributed by atoms with Crippen molar-refractivity contribution in [3.05, 3.63) is 22.2 Å². The molecule has 0 N–H and O–H groups in total. The van der Waals surface area contributed by atoms with Crippen molar-refractivity contribution in [2.45, 2.75) is 51.2 Å². The Labute approximate surface area is 113 Å². The van der Waals surface area contributed by atoms with E-state index in [4.69, 9.17) is 11.6 Å². The van der Waals surface area contributed by atoms with Gasteiger partial charge in [-0.1, -0.05) is 24.9 Å². The second kappa shape index (κ2) is 6.60. The number of aryl methyl sites for hydroxylation is 1. The number of hydrogen-bond donors (Lipinski definition) is 0. The molecule has 1 aliphatic carbocycles. The lowest BCUT2D eigenvalue weighted by Crippen LogP contribution is -2.04. The van der Waals surface area contributed by atoms with E-state index in [0.29, 0.717) is 5.15 Å². The first kappa shape index (κ1) is 13.2. The highest BCUT2D eigenvalue weighted by atomic mass is 35.5. The van der Waals surface area contributed by atoms with Gasteiger partial charge in [0.05, 0.1) is 5.75 Å². The van der Waals surface area contributed by atoms with Crippen molar-refractivity contribution in [3.63, 3.8) is 0 Å². The van der Waals surface area contributed by atoms with E-state index >= 15 is 0 Å². The molecule has 0 aliphatic heterocycles. The van der Waals surface area contributed by atoms with Crippen molar-refractivity contribution >= 4 is 23.4 Å². The molecule has 2 rings (SSSR count). The van der Waals surface area contributed by atoms with Crippen LogP contribution in [-0.4, -0.2) is 15.7 Å². The molecule has 0 spiro atoms. The fourth-order valence-corrected chi connectivity index (χ4v) is 3.19. The second-order valence-corrected chi connectivity index (χ2v) is 5.93. The van der Waals surface area contributed by atoms with Gasteiger partial charge in [0.1, 0.15) is 11.0 Å². The van der Waals surface area contributed by atoms with Crippen molar-refractivity contribution in [3.8, 4) is 0 Å². The van der Waals surface area contributed by atoms with Crippen LogP contribution in [0.2, 0.25) is 5.15 Å². The summed E-state index contributed by atoms with van der Waals surface area (Å²) in [5.74, 6) is 2.97. The summed E-state index contributed by atoms with van der Waals surface area (Å²) >= 11 is 8.16. The Bertz CT molecular complexity index is 382. The monoisotopic (exact) mass is 270 g/mol. The van der Waals surface area contributed by atoms with Gasteiger partial charge in [-0.05, 0) is 37.9 Å². The molecule has 0 bridgehead atoms. The molecule has 0 aromatic carbocycles. The summed E-state index contributed by atoms with van der Waals surface area (Å²) in [5, 5.41) is 0.698. The van der Waals surface area contributed by atoms with Gasteiger partial charge >= 0.3 is 0 Å². The highest BCUT2D eigenvalue weighted by Gasteiger charge is 2.15. The minimum Gasteiger partial charge on any atom is -0.237 e. The number of aromatic nitrogens is 2. The molecule has 2 nitrogen and oxygen atoms in total. The summed E-state index contributed by atoms with van der Waals surface area (Å²) in [6.45, 7) is 2.19. The van der Waals surface area contributed by atoms with E-state index in [0.717, 1.165) is 30.2 Å². The average Bonchev–Trinajstić information content (AvgIpc) is 2.55. The molecule has 1 aliphatic rings. The largest absolute Gasteiger partial charge is 0.237 e. The van der Waals surface area contributed by atoms with E-state index in [9.17, 15) is 0 Å². The summed E-state index contributed by atoms with van der Waals surface area (Å²) in [6, 6.07) is 0. The van der Waals surface area contributed by atoms with E-state index in [1.165, 1.54) is 36.9 Å². The fourth-order valence-electron chi connectivity index (χ4n) is 2.15. The summed E-state index contributed by atoms with van der Waals surface area (Å²) in [6.07, 6.45) is 7.07. The number of hydrogen-bond acceptors (Lipinski definition) is 3. The van der Waals surface area contributed by atoms with E-state index in [2.05, 4.69) is 16.9 Å². The van der Waals surface area contributed by atoms with Gasteiger partial charge in [-0.3, -0.25) is 0 Å². The zero-order valence-electron chi connectivity index (χ0n) is 10.3. The second-order valence-electron chi connectivity index (χ2n) is 4.47. The molecule has 4 heteroatoms. The van der Waals surface area contributed by atoms with E-state index < -0.39 is 0 Å². The van der Waals surface area contributed by atoms with Gasteiger partial charge in [0.15, 0.2) is 0 Å². The van der Waals surface area contributed by atoms with Crippen LogP contribution in [0.15, 0.2) is 0 Å². The minimum absolute atomic E-state index is 0.698. The smallest absolute Gasteiger partial charge is 0.140 e. The Morgan fingerprint density at radius 3 is 2.82 bits per heavy atom. The third-order valence-electron chi connectivity index (χ3n) is 3.01. The molecule has 0 atom stereocenters. The number of fused-ring (bicyclic) bond motifs is 1. The molecule has 94 valence electrons. The van der Waals surface area contributed by atoms with Gasteiger partial charge in [0.2, 0.25) is 0 Å². The van der Waals surface area contributed by atoms with Crippen molar-refractivity contribution in [1.82, 2.24) is 9.97 Å². The summed E-state index contributed by atoms with van der Waals surface area (Å²) < 4.78 is 0. The number of rotatable bonds is 4. The topological polar surface area (TPSA) is 25.8 Å². The zero-order valence-corrected chi connectivity index (χ0v) is 11.9. The van der Waals surface area contributed by atoms with Crippen LogP contribution in [0.25, 0.3) is 0 Å². The first-order valence-corrected chi connectivity index (χ1v) is 7.96. The fraction of sp³-hybridized carbons (Fsp3) is 0.692. The van der Waals surface area contributed by atoms with Crippen molar-refractivity contribution < 1.29 is 0 Å². The number of halogens is 1. The molecule has 17 heavy (non-hydrogen) atoms. The Balaban J connectivity index is 2.14. The molecule has 0 saturated heterocycles. The third kappa shape index (κ3) is 3.59. The van der Waals surface area contributed by atoms with Gasteiger partial charge in [0.25, 0.3) is 0 Å². The van der Waals surface area contributed by atoms with Crippen LogP contribution in [-0.2, 0) is 18.6 Å². The highest BCUT2D eigenvalue weighted by Crippen LogP contribution is 2.25. The average molecular weight is 271 g/mol. The van der Waals surface area contributed by atoms with Crippen LogP contribution in [0.4, 0.5) is 0 Å². The van der Waals surface area contributed by atoms with E-state index in [1.54, 1.807) is 0 Å². The van der Waals surface area contributed by atoms with Gasteiger partial charge < -0.3 is 0 Å². The predicted molar refractivity (Wildman–Crippen MR) is 74.8 cm³/mol. The Kier molecular flexibility index (Phi) is 5.11. The van der Waals surface area contributed by atoms with Gasteiger partial charge in [-0.15, -0.1) is 0 Å². The zero-order chi connectivity index (χ0) is 12.1. The Morgan fingerprint density at radius 2 is 2.00 bits per heavy atom. The molecular weight excluding hydrogens is 252 g/mol. The molecule has 1 aromatic rings. The molecule has 0 radical (unpaired) electrons. The predicted octanol–water partition coefficient (Wildman–Crippen LogP) is 4.04. The van der Waals surface area contributed by atoms with Crippen molar-refractivity contribution in [1.29, 1.82) is 0 Å². The summed E-state index contributed by atoms with van der Waals surface area (Å²) in [5.41, 5.74) is 2.41. The van der Waals surface area contributed by atoms with Crippen LogP contribution in [0, 0.1) is 0 Å². The first-order valence-electron chi connectivity index (χ1n) is 6.43. The normalized spacial score (nSPS) is 15.4. The maximum absolute atomic E-state index is 6.27. The molecule has 0 saturated carbocycles. The standard InChI is InChI=1S/C13H19ClN2S/c1-2-8-17-9-12-15-11-7-5-3-4-6-10(11)13(14)16-12/h2-9H2,1H3. The Hall–Kier alpha value is -0.280. The van der Waals surface area contributed by atoms with Crippen molar-refractivity contribution in [2.75, 3.05) is 5.75 Å². The van der Waals surface area contributed by atoms with E-state index in [-0.39, 0.29) is 0 Å². The summed E-state index contributed by atoms with van der Waals surface area (Å²) in [7, 11) is 0. The first-order chi connectivity index (χ1) is 8.31. The molecule has 0 fully saturated rings. The van der Waals surface area contributed by atoms with Crippen LogP contribution in [0.5, 0.6) is 0 Å². The highest BCUT2D eigenvalue weighted by molar-refractivity contribution is 7.98. The van der Waals surface area contributed by atoms with Crippen LogP contribution in [0.3, 0.4) is 0 Å². The SMILES string of the molecule is CCCSCc1nc(Cl)c2c(n1)CCCCC2. The van der Waals surface area contributed by atoms with Crippen LogP contribution >= 0.6 is 23.4 Å². The lowest BCUT2D eigenvalue weighted by Gasteiger charge is -2.09. The molecular formula is C13H19ClN2S. The van der Waals surface area contributed by atoms with Crippen LogP contribution < -0.4 is 0 Å². The van der Waals surface area contributed by atoms with Crippen molar-refractivity contribution in [2.24, 2.45) is 0 Å². The minimum atomic E-state index is 0.698. The maximum atomic E-state index is 6.27. The van der Waals surface area contributed by atoms with Crippen LogP contribution in [0.1, 0.15) is 49.7 Å². The van der Waals surface area contributed by atoms with E-state index in [1.807, 2.05) is 11.8 Å². The molecule has 1 heterocycles. The Morgan fingerprint density at radius 1 is 1.18 bits per heavy atom. The summed E-state index contributed by atoms with van der Waals surface area (Å²) in [4.78, 5) is 9.12. The lowest BCUT2D eigenvalue weighted by molar-refractivity contribution is 0.708. The number of thioether (sulfide) groups is 1.